The molecule has 4 nitrogen and oxygen atoms in total. The van der Waals surface area contributed by atoms with Gasteiger partial charge in [0.1, 0.15) is 5.75 Å². The first-order valence-corrected chi connectivity index (χ1v) is 8.33. The van der Waals surface area contributed by atoms with E-state index in [9.17, 15) is 9.59 Å². The molecular formula is C18H17NO3S. The Morgan fingerprint density at radius 3 is 2.87 bits per heavy atom. The maximum atomic E-state index is 12.7. The van der Waals surface area contributed by atoms with E-state index in [1.807, 2.05) is 25.1 Å². The Labute approximate surface area is 139 Å². The van der Waals surface area contributed by atoms with E-state index in [2.05, 4.69) is 5.32 Å². The second kappa shape index (κ2) is 6.46. The van der Waals surface area contributed by atoms with Gasteiger partial charge in [-0.05, 0) is 30.7 Å². The highest BCUT2D eigenvalue weighted by atomic mass is 32.2. The molecule has 0 atom stereocenters. The summed E-state index contributed by atoms with van der Waals surface area (Å²) in [6.45, 7) is 1.95. The van der Waals surface area contributed by atoms with Crippen LogP contribution in [0.4, 0.5) is 5.69 Å². The van der Waals surface area contributed by atoms with Crippen LogP contribution in [0, 0.1) is 6.92 Å². The lowest BCUT2D eigenvalue weighted by Gasteiger charge is -2.18. The predicted octanol–water partition coefficient (Wildman–Crippen LogP) is 3.93. The number of Topliss-reactive ketones (excluding diaryl/α,β-unsaturated/α-hetero) is 1. The van der Waals surface area contributed by atoms with Crippen molar-refractivity contribution in [2.24, 2.45) is 0 Å². The molecule has 1 aliphatic rings. The number of benzene rings is 2. The van der Waals surface area contributed by atoms with Crippen molar-refractivity contribution < 1.29 is 14.3 Å². The highest BCUT2D eigenvalue weighted by Gasteiger charge is 2.23. The van der Waals surface area contributed by atoms with Gasteiger partial charge in [-0.25, -0.2) is 0 Å². The number of carbonyl (C=O) groups excluding carboxylic acids is 2. The summed E-state index contributed by atoms with van der Waals surface area (Å²) in [6.07, 6.45) is 0.522. The SMILES string of the molecule is COc1ccc(C)cc1NC(=O)c1cccc2c1SCCC2=O. The Morgan fingerprint density at radius 1 is 1.26 bits per heavy atom. The Hall–Kier alpha value is -2.27. The van der Waals surface area contributed by atoms with Gasteiger partial charge in [-0.2, -0.15) is 0 Å². The first-order valence-electron chi connectivity index (χ1n) is 7.35. The summed E-state index contributed by atoms with van der Waals surface area (Å²) in [4.78, 5) is 25.5. The van der Waals surface area contributed by atoms with Gasteiger partial charge in [-0.1, -0.05) is 18.2 Å². The monoisotopic (exact) mass is 327 g/mol. The van der Waals surface area contributed by atoms with Crippen LogP contribution >= 0.6 is 11.8 Å². The van der Waals surface area contributed by atoms with Crippen molar-refractivity contribution in [3.8, 4) is 5.75 Å². The molecule has 5 heteroatoms. The highest BCUT2D eigenvalue weighted by Crippen LogP contribution is 2.34. The molecule has 0 bridgehead atoms. The Bertz CT molecular complexity index is 786. The molecule has 0 fully saturated rings. The van der Waals surface area contributed by atoms with Gasteiger partial charge in [0.25, 0.3) is 5.91 Å². The molecule has 0 spiro atoms. The van der Waals surface area contributed by atoms with Crippen LogP contribution in [0.15, 0.2) is 41.3 Å². The molecule has 0 aliphatic carbocycles. The number of nitrogens with one attached hydrogen (secondary N) is 1. The minimum Gasteiger partial charge on any atom is -0.495 e. The van der Waals surface area contributed by atoms with Crippen molar-refractivity contribution in [1.29, 1.82) is 0 Å². The quantitative estimate of drug-likeness (QED) is 0.928. The van der Waals surface area contributed by atoms with Crippen molar-refractivity contribution in [3.63, 3.8) is 0 Å². The first kappa shape index (κ1) is 15.6. The van der Waals surface area contributed by atoms with Gasteiger partial charge in [0.2, 0.25) is 0 Å². The van der Waals surface area contributed by atoms with E-state index < -0.39 is 0 Å². The van der Waals surface area contributed by atoms with Crippen molar-refractivity contribution >= 4 is 29.1 Å². The van der Waals surface area contributed by atoms with E-state index in [0.717, 1.165) is 10.5 Å². The summed E-state index contributed by atoms with van der Waals surface area (Å²) in [5.41, 5.74) is 2.83. The van der Waals surface area contributed by atoms with Gasteiger partial charge in [0.05, 0.1) is 18.4 Å². The maximum Gasteiger partial charge on any atom is 0.256 e. The topological polar surface area (TPSA) is 55.4 Å². The van der Waals surface area contributed by atoms with Crippen LogP contribution in [0.25, 0.3) is 0 Å². The number of ether oxygens (including phenoxy) is 1. The van der Waals surface area contributed by atoms with Crippen LogP contribution in [0.3, 0.4) is 0 Å². The van der Waals surface area contributed by atoms with Crippen LogP contribution < -0.4 is 10.1 Å². The molecule has 0 saturated carbocycles. The zero-order valence-electron chi connectivity index (χ0n) is 13.0. The lowest BCUT2D eigenvalue weighted by atomic mass is 10.0. The van der Waals surface area contributed by atoms with Crippen LogP contribution in [-0.4, -0.2) is 24.6 Å². The maximum absolute atomic E-state index is 12.7. The number of amides is 1. The fraction of sp³-hybridized carbons (Fsp3) is 0.222. The third kappa shape index (κ3) is 3.10. The number of aryl methyl sites for hydroxylation is 1. The molecule has 3 rings (SSSR count). The van der Waals surface area contributed by atoms with Crippen LogP contribution in [-0.2, 0) is 0 Å². The lowest BCUT2D eigenvalue weighted by molar-refractivity contribution is 0.0984. The van der Waals surface area contributed by atoms with Crippen molar-refractivity contribution in [3.05, 3.63) is 53.1 Å². The number of carbonyl (C=O) groups is 2. The van der Waals surface area contributed by atoms with E-state index in [0.29, 0.717) is 34.7 Å². The van der Waals surface area contributed by atoms with Crippen molar-refractivity contribution in [2.75, 3.05) is 18.2 Å². The molecule has 1 N–H and O–H groups in total. The molecule has 2 aromatic carbocycles. The predicted molar refractivity (Wildman–Crippen MR) is 91.8 cm³/mol. The Balaban J connectivity index is 1.95. The second-order valence-electron chi connectivity index (χ2n) is 5.36. The molecule has 0 aromatic heterocycles. The van der Waals surface area contributed by atoms with Gasteiger partial charge in [0, 0.05) is 22.6 Å². The molecule has 1 aliphatic heterocycles. The van der Waals surface area contributed by atoms with Gasteiger partial charge >= 0.3 is 0 Å². The Kier molecular flexibility index (Phi) is 4.39. The molecule has 0 unspecified atom stereocenters. The van der Waals surface area contributed by atoms with E-state index in [1.54, 1.807) is 37.1 Å². The van der Waals surface area contributed by atoms with Crippen LogP contribution in [0.1, 0.15) is 32.7 Å². The molecular weight excluding hydrogens is 310 g/mol. The normalized spacial score (nSPS) is 13.4. The number of hydrogen-bond acceptors (Lipinski definition) is 4. The summed E-state index contributed by atoms with van der Waals surface area (Å²) >= 11 is 1.56. The summed E-state index contributed by atoms with van der Waals surface area (Å²) in [5.74, 6) is 1.19. The van der Waals surface area contributed by atoms with Gasteiger partial charge in [0.15, 0.2) is 5.78 Å². The Morgan fingerprint density at radius 2 is 2.09 bits per heavy atom. The highest BCUT2D eigenvalue weighted by molar-refractivity contribution is 7.99. The van der Waals surface area contributed by atoms with E-state index in [-0.39, 0.29) is 11.7 Å². The summed E-state index contributed by atoms with van der Waals surface area (Å²) in [7, 11) is 1.57. The molecule has 0 saturated heterocycles. The molecule has 2 aromatic rings. The fourth-order valence-electron chi connectivity index (χ4n) is 2.58. The van der Waals surface area contributed by atoms with Gasteiger partial charge < -0.3 is 10.1 Å². The number of anilines is 1. The van der Waals surface area contributed by atoms with E-state index in [4.69, 9.17) is 4.74 Å². The second-order valence-corrected chi connectivity index (χ2v) is 6.47. The fourth-order valence-corrected chi connectivity index (χ4v) is 3.73. The molecule has 118 valence electrons. The average Bonchev–Trinajstić information content (AvgIpc) is 2.55. The number of methoxy groups -OCH3 is 1. The van der Waals surface area contributed by atoms with Crippen LogP contribution in [0.2, 0.25) is 0 Å². The standard InChI is InChI=1S/C18H17NO3S/c1-11-6-7-16(22-2)14(10-11)19-18(21)13-5-3-4-12-15(20)8-9-23-17(12)13/h3-7,10H,8-9H2,1-2H3,(H,19,21). The van der Waals surface area contributed by atoms with Gasteiger partial charge in [-0.3, -0.25) is 9.59 Å². The number of ketones is 1. The largest absolute Gasteiger partial charge is 0.495 e. The third-order valence-electron chi connectivity index (χ3n) is 3.74. The molecule has 0 radical (unpaired) electrons. The number of rotatable bonds is 3. The van der Waals surface area contributed by atoms with E-state index >= 15 is 0 Å². The van der Waals surface area contributed by atoms with E-state index in [1.165, 1.54) is 0 Å². The summed E-state index contributed by atoms with van der Waals surface area (Å²) < 4.78 is 5.29. The molecule has 23 heavy (non-hydrogen) atoms. The number of hydrogen-bond donors (Lipinski definition) is 1. The lowest BCUT2D eigenvalue weighted by Crippen LogP contribution is -2.17. The average molecular weight is 327 g/mol. The smallest absolute Gasteiger partial charge is 0.256 e. The van der Waals surface area contributed by atoms with Crippen molar-refractivity contribution in [2.45, 2.75) is 18.2 Å². The van der Waals surface area contributed by atoms with Crippen LogP contribution in [0.5, 0.6) is 5.75 Å². The minimum atomic E-state index is -0.229. The third-order valence-corrected chi connectivity index (χ3v) is 4.88. The van der Waals surface area contributed by atoms with Gasteiger partial charge in [-0.15, -0.1) is 11.8 Å². The summed E-state index contributed by atoms with van der Waals surface area (Å²) in [5, 5.41) is 2.89. The zero-order chi connectivity index (χ0) is 16.4. The number of fused-ring (bicyclic) bond motifs is 1. The van der Waals surface area contributed by atoms with Crippen molar-refractivity contribution in [1.82, 2.24) is 0 Å². The first-order chi connectivity index (χ1) is 11.1. The molecule has 1 amide bonds. The molecule has 1 heterocycles. The zero-order valence-corrected chi connectivity index (χ0v) is 13.8. The minimum absolute atomic E-state index is 0.0986. The number of thioether (sulfide) groups is 1. The summed E-state index contributed by atoms with van der Waals surface area (Å²) in [6, 6.07) is 10.9.